The summed E-state index contributed by atoms with van der Waals surface area (Å²) in [6.45, 7) is 0.549. The van der Waals surface area contributed by atoms with Crippen LogP contribution in [0.3, 0.4) is 0 Å². The Hall–Kier alpha value is -1.52. The maximum absolute atomic E-state index is 12.9. The molecule has 0 atom stereocenters. The zero-order chi connectivity index (χ0) is 13.0. The number of benzene rings is 1. The van der Waals surface area contributed by atoms with Gasteiger partial charge in [0.1, 0.15) is 11.6 Å². The van der Waals surface area contributed by atoms with E-state index in [-0.39, 0.29) is 5.82 Å². The molecule has 18 heavy (non-hydrogen) atoms. The molecule has 0 saturated heterocycles. The van der Waals surface area contributed by atoms with Crippen molar-refractivity contribution in [2.24, 2.45) is 5.73 Å². The second kappa shape index (κ2) is 5.89. The monoisotopic (exact) mass is 265 g/mol. The Morgan fingerprint density at radius 2 is 2.11 bits per heavy atom. The third kappa shape index (κ3) is 3.24. The van der Waals surface area contributed by atoms with Gasteiger partial charge in [-0.1, -0.05) is 17.7 Å². The minimum Gasteiger partial charge on any atom is -0.330 e. The Balaban J connectivity index is 2.20. The second-order valence-corrected chi connectivity index (χ2v) is 4.32. The van der Waals surface area contributed by atoms with E-state index >= 15 is 0 Å². The second-order valence-electron chi connectivity index (χ2n) is 3.92. The van der Waals surface area contributed by atoms with E-state index in [1.165, 1.54) is 12.1 Å². The fourth-order valence-electron chi connectivity index (χ4n) is 1.65. The van der Waals surface area contributed by atoms with Gasteiger partial charge in [-0.2, -0.15) is 0 Å². The van der Waals surface area contributed by atoms with Gasteiger partial charge in [-0.3, -0.25) is 0 Å². The van der Waals surface area contributed by atoms with Crippen molar-refractivity contribution < 1.29 is 4.39 Å². The molecule has 0 unspecified atom stereocenters. The summed E-state index contributed by atoms with van der Waals surface area (Å²) in [4.78, 5) is 8.55. The molecular weight excluding hydrogens is 253 g/mol. The van der Waals surface area contributed by atoms with Gasteiger partial charge >= 0.3 is 0 Å². The zero-order valence-corrected chi connectivity index (χ0v) is 10.5. The molecule has 94 valence electrons. The summed E-state index contributed by atoms with van der Waals surface area (Å²) < 4.78 is 12.9. The molecule has 0 radical (unpaired) electrons. The van der Waals surface area contributed by atoms with Gasteiger partial charge in [0.15, 0.2) is 0 Å². The minimum absolute atomic E-state index is 0.346. The van der Waals surface area contributed by atoms with Gasteiger partial charge in [0.05, 0.1) is 0 Å². The molecule has 1 aromatic heterocycles. The van der Waals surface area contributed by atoms with Crippen LogP contribution in [0.5, 0.6) is 0 Å². The highest BCUT2D eigenvalue weighted by molar-refractivity contribution is 6.31. The molecule has 5 heteroatoms. The van der Waals surface area contributed by atoms with Gasteiger partial charge in [0, 0.05) is 29.8 Å². The van der Waals surface area contributed by atoms with E-state index < -0.39 is 0 Å². The number of nitrogens with zero attached hydrogens (tertiary/aromatic N) is 2. The van der Waals surface area contributed by atoms with Crippen molar-refractivity contribution in [3.8, 4) is 0 Å². The maximum Gasteiger partial charge on any atom is 0.132 e. The van der Waals surface area contributed by atoms with Crippen LogP contribution >= 0.6 is 11.6 Å². The number of halogens is 2. The quantitative estimate of drug-likeness (QED) is 0.923. The first kappa shape index (κ1) is 12.9. The van der Waals surface area contributed by atoms with Crippen LogP contribution in [0.25, 0.3) is 0 Å². The fourth-order valence-corrected chi connectivity index (χ4v) is 1.88. The zero-order valence-electron chi connectivity index (χ0n) is 9.74. The van der Waals surface area contributed by atoms with E-state index in [0.29, 0.717) is 30.2 Å². The van der Waals surface area contributed by atoms with Crippen molar-refractivity contribution in [3.63, 3.8) is 0 Å². The Kier molecular flexibility index (Phi) is 4.23. The first-order valence-electron chi connectivity index (χ1n) is 5.64. The van der Waals surface area contributed by atoms with Gasteiger partial charge in [0.25, 0.3) is 0 Å². The highest BCUT2D eigenvalue weighted by Gasteiger charge is 2.06. The number of aromatic nitrogens is 2. The highest BCUT2D eigenvalue weighted by Crippen LogP contribution is 2.19. The molecule has 0 bridgehead atoms. The lowest BCUT2D eigenvalue weighted by molar-refractivity contribution is 0.627. The molecule has 2 aromatic rings. The highest BCUT2D eigenvalue weighted by atomic mass is 35.5. The van der Waals surface area contributed by atoms with E-state index in [0.717, 1.165) is 11.3 Å². The van der Waals surface area contributed by atoms with Crippen molar-refractivity contribution in [2.45, 2.75) is 12.8 Å². The molecular formula is C13H13ClFN3. The molecule has 1 aromatic carbocycles. The maximum atomic E-state index is 12.9. The number of rotatable bonds is 4. The first-order chi connectivity index (χ1) is 8.69. The summed E-state index contributed by atoms with van der Waals surface area (Å²) in [6.07, 6.45) is 2.90. The predicted molar refractivity (Wildman–Crippen MR) is 69.0 cm³/mol. The van der Waals surface area contributed by atoms with Crippen LogP contribution in [-0.4, -0.2) is 16.5 Å². The molecule has 2 rings (SSSR count). The summed E-state index contributed by atoms with van der Waals surface area (Å²) in [7, 11) is 0. The molecule has 2 N–H and O–H groups in total. The van der Waals surface area contributed by atoms with Crippen LogP contribution in [0.2, 0.25) is 5.02 Å². The van der Waals surface area contributed by atoms with Gasteiger partial charge < -0.3 is 5.73 Å². The topological polar surface area (TPSA) is 51.8 Å². The van der Waals surface area contributed by atoms with Crippen LogP contribution in [0.15, 0.2) is 30.5 Å². The summed E-state index contributed by atoms with van der Waals surface area (Å²) in [5.74, 6) is 0.316. The molecule has 0 aliphatic heterocycles. The molecule has 1 heterocycles. The van der Waals surface area contributed by atoms with Crippen molar-refractivity contribution in [2.75, 3.05) is 6.54 Å². The van der Waals surface area contributed by atoms with E-state index in [1.807, 2.05) is 6.07 Å². The lowest BCUT2D eigenvalue weighted by Gasteiger charge is -2.05. The van der Waals surface area contributed by atoms with Crippen molar-refractivity contribution >= 4 is 11.6 Å². The largest absolute Gasteiger partial charge is 0.330 e. The third-order valence-electron chi connectivity index (χ3n) is 2.53. The summed E-state index contributed by atoms with van der Waals surface area (Å²) in [5, 5.41) is 0.392. The molecule has 3 nitrogen and oxygen atoms in total. The van der Waals surface area contributed by atoms with Gasteiger partial charge in [-0.15, -0.1) is 0 Å². The molecule has 0 fully saturated rings. The lowest BCUT2D eigenvalue weighted by atomic mass is 10.1. The normalized spacial score (nSPS) is 10.6. The molecule has 0 spiro atoms. The van der Waals surface area contributed by atoms with E-state index in [2.05, 4.69) is 9.97 Å². The van der Waals surface area contributed by atoms with Crippen LogP contribution in [0.1, 0.15) is 17.1 Å². The third-order valence-corrected chi connectivity index (χ3v) is 2.88. The first-order valence-corrected chi connectivity index (χ1v) is 6.01. The van der Waals surface area contributed by atoms with Gasteiger partial charge in [-0.25, -0.2) is 14.4 Å². The van der Waals surface area contributed by atoms with E-state index in [9.17, 15) is 4.39 Å². The Labute approximate surface area is 110 Å². The average molecular weight is 266 g/mol. The number of hydrogen-bond donors (Lipinski definition) is 1. The summed E-state index contributed by atoms with van der Waals surface area (Å²) in [5.41, 5.74) is 7.19. The standard InChI is InChI=1S/C13H13ClFN3/c14-12-8-10(15)2-1-9(12)7-13-17-6-4-11(18-13)3-5-16/h1-2,4,6,8H,3,5,7,16H2. The van der Waals surface area contributed by atoms with E-state index in [4.69, 9.17) is 17.3 Å². The summed E-state index contributed by atoms with van der Waals surface area (Å²) >= 11 is 5.96. The Morgan fingerprint density at radius 3 is 2.83 bits per heavy atom. The van der Waals surface area contributed by atoms with E-state index in [1.54, 1.807) is 12.3 Å². The molecule has 0 aliphatic carbocycles. The summed E-state index contributed by atoms with van der Waals surface area (Å²) in [6, 6.07) is 6.16. The van der Waals surface area contributed by atoms with Crippen LogP contribution in [0.4, 0.5) is 4.39 Å². The Morgan fingerprint density at radius 1 is 1.28 bits per heavy atom. The van der Waals surface area contributed by atoms with Gasteiger partial charge in [-0.05, 0) is 30.3 Å². The number of nitrogens with two attached hydrogens (primary N) is 1. The Bertz CT molecular complexity index is 546. The molecule has 0 amide bonds. The molecule has 0 saturated carbocycles. The SMILES string of the molecule is NCCc1ccnc(Cc2ccc(F)cc2Cl)n1. The van der Waals surface area contributed by atoms with Crippen LogP contribution < -0.4 is 5.73 Å². The van der Waals surface area contributed by atoms with Crippen molar-refractivity contribution in [3.05, 3.63) is 58.4 Å². The fraction of sp³-hybridized carbons (Fsp3) is 0.231. The van der Waals surface area contributed by atoms with Gasteiger partial charge in [0.2, 0.25) is 0 Å². The number of hydrogen-bond acceptors (Lipinski definition) is 3. The molecule has 0 aliphatic rings. The lowest BCUT2D eigenvalue weighted by Crippen LogP contribution is -2.07. The minimum atomic E-state index is -0.346. The van der Waals surface area contributed by atoms with Crippen LogP contribution in [-0.2, 0) is 12.8 Å². The van der Waals surface area contributed by atoms with Crippen molar-refractivity contribution in [1.29, 1.82) is 0 Å². The van der Waals surface area contributed by atoms with Crippen LogP contribution in [0, 0.1) is 5.82 Å². The average Bonchev–Trinajstić information content (AvgIpc) is 2.34. The smallest absolute Gasteiger partial charge is 0.132 e. The van der Waals surface area contributed by atoms with Crippen molar-refractivity contribution in [1.82, 2.24) is 9.97 Å². The predicted octanol–water partition coefficient (Wildman–Crippen LogP) is 2.36.